The van der Waals surface area contributed by atoms with Crippen LogP contribution in [0, 0.1) is 5.92 Å². The Kier molecular flexibility index (Phi) is 12.2. The Morgan fingerprint density at radius 1 is 1.21 bits per heavy atom. The van der Waals surface area contributed by atoms with E-state index in [1.165, 1.54) is 5.56 Å². The molecule has 11 nitrogen and oxygen atoms in total. The molecule has 0 bridgehead atoms. The highest BCUT2D eigenvalue weighted by Crippen LogP contribution is 2.30. The molecule has 0 radical (unpaired) electrons. The number of nitrogens with one attached hydrogen (secondary N) is 3. The first-order valence-corrected chi connectivity index (χ1v) is 13.9. The average molecular weight is 541 g/mol. The average Bonchev–Trinajstić information content (AvgIpc) is 2.92. The minimum absolute atomic E-state index is 0.0602. The SMILES string of the molecule is CCCCOc1nc(N)c(NC=O)c(N(C)Cc2ccc(CN3CCC(CCNC(=O)CNC)CC3)cc2)n1. The van der Waals surface area contributed by atoms with Crippen molar-refractivity contribution in [1.82, 2.24) is 25.5 Å². The predicted octanol–water partition coefficient (Wildman–Crippen LogP) is 2.38. The van der Waals surface area contributed by atoms with Gasteiger partial charge < -0.3 is 31.3 Å². The topological polar surface area (TPSA) is 138 Å². The molecule has 1 aliphatic rings. The number of ether oxygens (including phenoxy) is 1. The normalized spacial score (nSPS) is 14.1. The highest BCUT2D eigenvalue weighted by Gasteiger charge is 2.20. The van der Waals surface area contributed by atoms with Crippen LogP contribution in [0.15, 0.2) is 24.3 Å². The Morgan fingerprint density at radius 3 is 2.59 bits per heavy atom. The number of nitrogens with two attached hydrogens (primary N) is 1. The molecule has 2 aromatic rings. The summed E-state index contributed by atoms with van der Waals surface area (Å²) in [6.45, 7) is 7.37. The fraction of sp³-hybridized carbons (Fsp3) is 0.571. The van der Waals surface area contributed by atoms with Gasteiger partial charge in [-0.15, -0.1) is 0 Å². The van der Waals surface area contributed by atoms with Gasteiger partial charge in [0.1, 0.15) is 5.69 Å². The van der Waals surface area contributed by atoms with Crippen LogP contribution in [0.4, 0.5) is 17.3 Å². The van der Waals surface area contributed by atoms with E-state index >= 15 is 0 Å². The maximum Gasteiger partial charge on any atom is 0.320 e. The van der Waals surface area contributed by atoms with E-state index in [0.717, 1.165) is 63.8 Å². The Balaban J connectivity index is 1.51. The number of aromatic nitrogens is 2. The zero-order valence-electron chi connectivity index (χ0n) is 23.5. The summed E-state index contributed by atoms with van der Waals surface area (Å²) in [7, 11) is 3.68. The number of hydrogen-bond acceptors (Lipinski definition) is 9. The van der Waals surface area contributed by atoms with E-state index in [9.17, 15) is 9.59 Å². The number of rotatable bonds is 16. The van der Waals surface area contributed by atoms with Crippen LogP contribution in [-0.2, 0) is 22.7 Å². The van der Waals surface area contributed by atoms with Crippen molar-refractivity contribution in [2.45, 2.75) is 52.1 Å². The van der Waals surface area contributed by atoms with Gasteiger partial charge in [0.05, 0.1) is 13.2 Å². The molecular weight excluding hydrogens is 496 g/mol. The number of carbonyl (C=O) groups is 2. The fourth-order valence-corrected chi connectivity index (χ4v) is 4.72. The summed E-state index contributed by atoms with van der Waals surface area (Å²) < 4.78 is 5.66. The van der Waals surface area contributed by atoms with Crippen LogP contribution in [0.25, 0.3) is 0 Å². The lowest BCUT2D eigenvalue weighted by Gasteiger charge is -2.32. The lowest BCUT2D eigenvalue weighted by Crippen LogP contribution is -2.36. The monoisotopic (exact) mass is 540 g/mol. The molecule has 1 aliphatic heterocycles. The molecule has 2 amide bonds. The minimum atomic E-state index is 0.0602. The molecule has 1 aromatic carbocycles. The van der Waals surface area contributed by atoms with Gasteiger partial charge >= 0.3 is 6.01 Å². The van der Waals surface area contributed by atoms with Crippen LogP contribution >= 0.6 is 0 Å². The van der Waals surface area contributed by atoms with E-state index in [-0.39, 0.29) is 17.7 Å². The van der Waals surface area contributed by atoms with Crippen LogP contribution in [-0.4, -0.2) is 74.1 Å². The number of hydrogen-bond donors (Lipinski definition) is 4. The van der Waals surface area contributed by atoms with Gasteiger partial charge in [0.25, 0.3) is 0 Å². The quantitative estimate of drug-likeness (QED) is 0.187. The first-order valence-electron chi connectivity index (χ1n) is 13.9. The Hall–Kier alpha value is -3.44. The number of likely N-dealkylation sites (N-methyl/N-ethyl adjacent to an activating group) is 1. The number of carbonyl (C=O) groups excluding carboxylic acids is 2. The summed E-state index contributed by atoms with van der Waals surface area (Å²) in [5.74, 6) is 1.41. The van der Waals surface area contributed by atoms with Crippen molar-refractivity contribution in [2.75, 3.05) is 62.8 Å². The number of nitrogen functional groups attached to an aromatic ring is 1. The highest BCUT2D eigenvalue weighted by molar-refractivity contribution is 5.86. The zero-order chi connectivity index (χ0) is 28.0. The summed E-state index contributed by atoms with van der Waals surface area (Å²) in [5.41, 5.74) is 8.87. The van der Waals surface area contributed by atoms with Gasteiger partial charge in [-0.3, -0.25) is 14.5 Å². The van der Waals surface area contributed by atoms with Crippen molar-refractivity contribution >= 4 is 29.6 Å². The number of piperidine rings is 1. The number of amides is 2. The van der Waals surface area contributed by atoms with E-state index in [0.29, 0.717) is 43.5 Å². The third-order valence-electron chi connectivity index (χ3n) is 6.96. The maximum atomic E-state index is 11.6. The Bertz CT molecular complexity index is 1040. The molecule has 0 unspecified atom stereocenters. The minimum Gasteiger partial charge on any atom is -0.463 e. The summed E-state index contributed by atoms with van der Waals surface area (Å²) in [6, 6.07) is 8.80. The zero-order valence-corrected chi connectivity index (χ0v) is 23.5. The molecule has 3 rings (SSSR count). The molecule has 0 aliphatic carbocycles. The van der Waals surface area contributed by atoms with E-state index in [1.807, 2.05) is 11.9 Å². The molecule has 5 N–H and O–H groups in total. The predicted molar refractivity (Wildman–Crippen MR) is 155 cm³/mol. The lowest BCUT2D eigenvalue weighted by molar-refractivity contribution is -0.120. The van der Waals surface area contributed by atoms with Gasteiger partial charge in [-0.2, -0.15) is 9.97 Å². The third-order valence-corrected chi connectivity index (χ3v) is 6.96. The third kappa shape index (κ3) is 9.67. The Labute approximate surface area is 231 Å². The molecule has 0 atom stereocenters. The molecule has 0 spiro atoms. The standard InChI is InChI=1S/C28H44N8O3/c1-4-5-16-39-28-33-26(29)25(32-20-37)27(34-28)35(3)18-22-6-8-23(9-7-22)19-36-14-11-21(12-15-36)10-13-31-24(38)17-30-2/h6-9,20-21,30H,4-5,10-19H2,1-3H3,(H,31,38)(H,32,37)(H2,29,33,34). The van der Waals surface area contributed by atoms with Gasteiger partial charge in [-0.25, -0.2) is 0 Å². The molecule has 11 heteroatoms. The van der Waals surface area contributed by atoms with Gasteiger partial charge in [-0.1, -0.05) is 37.6 Å². The van der Waals surface area contributed by atoms with Crippen LogP contribution in [0.3, 0.4) is 0 Å². The van der Waals surface area contributed by atoms with Gasteiger partial charge in [0.15, 0.2) is 11.6 Å². The second-order valence-corrected chi connectivity index (χ2v) is 10.1. The van der Waals surface area contributed by atoms with Gasteiger partial charge in [0, 0.05) is 26.7 Å². The number of anilines is 3. The van der Waals surface area contributed by atoms with E-state index < -0.39 is 0 Å². The van der Waals surface area contributed by atoms with Gasteiger partial charge in [0.2, 0.25) is 12.3 Å². The summed E-state index contributed by atoms with van der Waals surface area (Å²) in [5, 5.41) is 8.48. The highest BCUT2D eigenvalue weighted by atomic mass is 16.5. The number of benzene rings is 1. The Morgan fingerprint density at radius 2 is 1.92 bits per heavy atom. The molecule has 2 heterocycles. The van der Waals surface area contributed by atoms with Crippen molar-refractivity contribution in [3.63, 3.8) is 0 Å². The molecule has 1 aromatic heterocycles. The first kappa shape index (κ1) is 30.1. The molecule has 1 saturated heterocycles. The second kappa shape index (κ2) is 15.8. The van der Waals surface area contributed by atoms with Crippen molar-refractivity contribution in [1.29, 1.82) is 0 Å². The summed E-state index contributed by atoms with van der Waals surface area (Å²) >= 11 is 0. The molecule has 214 valence electrons. The molecule has 1 fully saturated rings. The molecular formula is C28H44N8O3. The van der Waals surface area contributed by atoms with Crippen LogP contribution in [0.2, 0.25) is 0 Å². The van der Waals surface area contributed by atoms with Crippen LogP contribution < -0.4 is 31.3 Å². The van der Waals surface area contributed by atoms with Crippen molar-refractivity contribution < 1.29 is 14.3 Å². The first-order chi connectivity index (χ1) is 18.9. The summed E-state index contributed by atoms with van der Waals surface area (Å²) in [4.78, 5) is 35.9. The number of likely N-dealkylation sites (tertiary alicyclic amines) is 1. The van der Waals surface area contributed by atoms with E-state index in [1.54, 1.807) is 7.05 Å². The van der Waals surface area contributed by atoms with E-state index in [4.69, 9.17) is 10.5 Å². The van der Waals surface area contributed by atoms with Crippen LogP contribution in [0.5, 0.6) is 6.01 Å². The van der Waals surface area contributed by atoms with Gasteiger partial charge in [-0.05, 0) is 62.9 Å². The summed E-state index contributed by atoms with van der Waals surface area (Å²) in [6.07, 6.45) is 5.83. The fourth-order valence-electron chi connectivity index (χ4n) is 4.72. The van der Waals surface area contributed by atoms with Crippen LogP contribution in [0.1, 0.15) is 50.2 Å². The lowest BCUT2D eigenvalue weighted by atomic mass is 9.93. The van der Waals surface area contributed by atoms with E-state index in [2.05, 4.69) is 62.0 Å². The number of nitrogens with zero attached hydrogens (tertiary/aromatic N) is 4. The maximum absolute atomic E-state index is 11.6. The largest absolute Gasteiger partial charge is 0.463 e. The molecule has 0 saturated carbocycles. The number of unbranched alkanes of at least 4 members (excludes halogenated alkanes) is 1. The van der Waals surface area contributed by atoms with Crippen molar-refractivity contribution in [2.24, 2.45) is 5.92 Å². The second-order valence-electron chi connectivity index (χ2n) is 10.1. The van der Waals surface area contributed by atoms with Crippen molar-refractivity contribution in [3.8, 4) is 6.01 Å². The van der Waals surface area contributed by atoms with Crippen molar-refractivity contribution in [3.05, 3.63) is 35.4 Å². The molecule has 39 heavy (non-hydrogen) atoms. The smallest absolute Gasteiger partial charge is 0.320 e.